The van der Waals surface area contributed by atoms with Crippen LogP contribution in [-0.2, 0) is 4.79 Å². The van der Waals surface area contributed by atoms with Gasteiger partial charge in [-0.25, -0.2) is 0 Å². The van der Waals surface area contributed by atoms with Gasteiger partial charge in [0.1, 0.15) is 0 Å². The van der Waals surface area contributed by atoms with Crippen LogP contribution < -0.4 is 5.32 Å². The molecule has 0 bridgehead atoms. The molecule has 7 heteroatoms. The number of nitrogens with zero attached hydrogens (tertiary/aromatic N) is 2. The van der Waals surface area contributed by atoms with E-state index < -0.39 is 0 Å². The van der Waals surface area contributed by atoms with Gasteiger partial charge in [-0.1, -0.05) is 28.1 Å². The summed E-state index contributed by atoms with van der Waals surface area (Å²) in [5.41, 5.74) is 1.34. The maximum absolute atomic E-state index is 12.4. The first-order chi connectivity index (χ1) is 11.1. The second kappa shape index (κ2) is 10.7. The molecule has 1 amide bonds. The van der Waals surface area contributed by atoms with E-state index in [-0.39, 0.29) is 24.8 Å². The van der Waals surface area contributed by atoms with Crippen LogP contribution in [0.5, 0.6) is 0 Å². The van der Waals surface area contributed by atoms with Crippen molar-refractivity contribution < 1.29 is 4.79 Å². The van der Waals surface area contributed by atoms with Gasteiger partial charge >= 0.3 is 0 Å². The van der Waals surface area contributed by atoms with Gasteiger partial charge in [-0.05, 0) is 44.0 Å². The number of piperazine rings is 1. The Morgan fingerprint density at radius 2 is 1.84 bits per heavy atom. The molecule has 3 rings (SSSR count). The highest BCUT2D eigenvalue weighted by atomic mass is 79.9. The molecule has 2 atom stereocenters. The molecule has 1 aromatic carbocycles. The van der Waals surface area contributed by atoms with Crippen molar-refractivity contribution in [2.24, 2.45) is 0 Å². The van der Waals surface area contributed by atoms with Crippen LogP contribution in [0.25, 0.3) is 0 Å². The third-order valence-corrected chi connectivity index (χ3v) is 5.68. The van der Waals surface area contributed by atoms with E-state index >= 15 is 0 Å². The smallest absolute Gasteiger partial charge is 0.224 e. The molecule has 0 aliphatic carbocycles. The zero-order valence-electron chi connectivity index (χ0n) is 14.6. The van der Waals surface area contributed by atoms with E-state index in [4.69, 9.17) is 0 Å². The molecule has 142 valence electrons. The van der Waals surface area contributed by atoms with Gasteiger partial charge in [0.05, 0.1) is 0 Å². The van der Waals surface area contributed by atoms with E-state index in [1.54, 1.807) is 0 Å². The first kappa shape index (κ1) is 22.7. The molecule has 0 spiro atoms. The monoisotopic (exact) mass is 451 g/mol. The number of benzene rings is 1. The van der Waals surface area contributed by atoms with Gasteiger partial charge < -0.3 is 10.2 Å². The fraction of sp³-hybridized carbons (Fsp3) is 0.611. The minimum absolute atomic E-state index is 0. The molecule has 2 aliphatic rings. The second-order valence-corrected chi connectivity index (χ2v) is 7.56. The molecule has 0 radical (unpaired) electrons. The molecule has 25 heavy (non-hydrogen) atoms. The van der Waals surface area contributed by atoms with Crippen molar-refractivity contribution in [1.82, 2.24) is 15.1 Å². The van der Waals surface area contributed by atoms with Gasteiger partial charge in [0.15, 0.2) is 0 Å². The van der Waals surface area contributed by atoms with Crippen molar-refractivity contribution in [3.63, 3.8) is 0 Å². The molecular weight excluding hydrogens is 425 g/mol. The van der Waals surface area contributed by atoms with Gasteiger partial charge in [-0.15, -0.1) is 24.8 Å². The second-order valence-electron chi connectivity index (χ2n) is 6.64. The summed E-state index contributed by atoms with van der Waals surface area (Å²) in [6, 6.07) is 9.36. The van der Waals surface area contributed by atoms with Gasteiger partial charge in [-0.2, -0.15) is 0 Å². The highest BCUT2D eigenvalue weighted by Gasteiger charge is 2.26. The van der Waals surface area contributed by atoms with E-state index in [1.165, 1.54) is 12.0 Å². The van der Waals surface area contributed by atoms with Crippen molar-refractivity contribution in [3.8, 4) is 0 Å². The van der Waals surface area contributed by atoms with E-state index in [0.29, 0.717) is 24.4 Å². The molecular formula is C18H28BrCl2N3O. The molecule has 2 saturated heterocycles. The van der Waals surface area contributed by atoms with Crippen LogP contribution in [0, 0.1) is 0 Å². The van der Waals surface area contributed by atoms with Crippen molar-refractivity contribution in [2.45, 2.75) is 38.3 Å². The predicted octanol–water partition coefficient (Wildman–Crippen LogP) is 3.64. The Kier molecular flexibility index (Phi) is 9.75. The molecule has 0 saturated carbocycles. The third kappa shape index (κ3) is 6.10. The third-order valence-electron chi connectivity index (χ3n) is 5.15. The Labute approximate surface area is 171 Å². The lowest BCUT2D eigenvalue weighted by molar-refractivity contribution is -0.133. The van der Waals surface area contributed by atoms with Gasteiger partial charge in [0.25, 0.3) is 0 Å². The minimum atomic E-state index is 0. The average Bonchev–Trinajstić information content (AvgIpc) is 3.08. The van der Waals surface area contributed by atoms with E-state index in [1.807, 2.05) is 4.90 Å². The lowest BCUT2D eigenvalue weighted by atomic mass is 10.1. The number of amides is 1. The van der Waals surface area contributed by atoms with E-state index in [0.717, 1.165) is 43.6 Å². The van der Waals surface area contributed by atoms with Crippen molar-refractivity contribution in [2.75, 3.05) is 32.7 Å². The number of rotatable bonds is 4. The van der Waals surface area contributed by atoms with Crippen LogP contribution in [0.15, 0.2) is 28.7 Å². The van der Waals surface area contributed by atoms with Gasteiger partial charge in [0, 0.05) is 49.2 Å². The first-order valence-electron chi connectivity index (χ1n) is 8.64. The maximum Gasteiger partial charge on any atom is 0.224 e. The highest BCUT2D eigenvalue weighted by Crippen LogP contribution is 2.23. The quantitative estimate of drug-likeness (QED) is 0.757. The number of hydrogen-bond donors (Lipinski definition) is 1. The molecule has 2 unspecified atom stereocenters. The van der Waals surface area contributed by atoms with Crippen LogP contribution in [0.2, 0.25) is 0 Å². The molecule has 1 N–H and O–H groups in total. The lowest BCUT2D eigenvalue weighted by Gasteiger charge is -2.38. The largest absolute Gasteiger partial charge is 0.340 e. The summed E-state index contributed by atoms with van der Waals surface area (Å²) in [5.74, 6) is 0.320. The Morgan fingerprint density at radius 3 is 2.40 bits per heavy atom. The summed E-state index contributed by atoms with van der Waals surface area (Å²) in [7, 11) is 0. The average molecular weight is 453 g/mol. The van der Waals surface area contributed by atoms with Crippen LogP contribution in [0.1, 0.15) is 37.8 Å². The Balaban J connectivity index is 0.00000156. The van der Waals surface area contributed by atoms with Gasteiger partial charge in [-0.3, -0.25) is 9.69 Å². The Morgan fingerprint density at radius 1 is 1.20 bits per heavy atom. The summed E-state index contributed by atoms with van der Waals surface area (Å²) < 4.78 is 1.12. The normalized spacial score (nSPS) is 22.0. The number of halogens is 3. The Hall–Kier alpha value is -0.330. The van der Waals surface area contributed by atoms with E-state index in [2.05, 4.69) is 57.3 Å². The zero-order valence-corrected chi connectivity index (χ0v) is 17.8. The van der Waals surface area contributed by atoms with Crippen molar-refractivity contribution >= 4 is 46.7 Å². The number of nitrogens with one attached hydrogen (secondary N) is 1. The summed E-state index contributed by atoms with van der Waals surface area (Å²) in [5, 5.41) is 3.42. The Bertz CT molecular complexity index is 530. The van der Waals surface area contributed by atoms with Gasteiger partial charge in [0.2, 0.25) is 5.91 Å². The zero-order chi connectivity index (χ0) is 16.2. The molecule has 2 aliphatic heterocycles. The SMILES string of the molecule is CC(c1ccc(Br)cc1)N1CCN(C(=O)CC2CCCN2)CC1.Cl.Cl. The predicted molar refractivity (Wildman–Crippen MR) is 111 cm³/mol. The van der Waals surface area contributed by atoms with Crippen LogP contribution >= 0.6 is 40.7 Å². The van der Waals surface area contributed by atoms with E-state index in [9.17, 15) is 4.79 Å². The highest BCUT2D eigenvalue weighted by molar-refractivity contribution is 9.10. The number of carbonyl (C=O) groups excluding carboxylic acids is 1. The summed E-state index contributed by atoms with van der Waals surface area (Å²) >= 11 is 3.49. The molecule has 2 fully saturated rings. The fourth-order valence-corrected chi connectivity index (χ4v) is 3.85. The fourth-order valence-electron chi connectivity index (χ4n) is 3.58. The first-order valence-corrected chi connectivity index (χ1v) is 9.43. The summed E-state index contributed by atoms with van der Waals surface area (Å²) in [4.78, 5) is 16.9. The molecule has 0 aromatic heterocycles. The van der Waals surface area contributed by atoms with Crippen molar-refractivity contribution in [1.29, 1.82) is 0 Å². The molecule has 4 nitrogen and oxygen atoms in total. The summed E-state index contributed by atoms with van der Waals surface area (Å²) in [6.07, 6.45) is 3.02. The van der Waals surface area contributed by atoms with Crippen LogP contribution in [-0.4, -0.2) is 54.5 Å². The van der Waals surface area contributed by atoms with Crippen LogP contribution in [0.3, 0.4) is 0 Å². The number of hydrogen-bond acceptors (Lipinski definition) is 3. The number of carbonyl (C=O) groups is 1. The minimum Gasteiger partial charge on any atom is -0.340 e. The topological polar surface area (TPSA) is 35.6 Å². The lowest BCUT2D eigenvalue weighted by Crippen LogP contribution is -2.50. The maximum atomic E-state index is 12.4. The summed E-state index contributed by atoms with van der Waals surface area (Å²) in [6.45, 7) is 6.95. The molecule has 1 aromatic rings. The standard InChI is InChI=1S/C18H26BrN3O.2ClH/c1-14(15-4-6-16(19)7-5-15)21-9-11-22(12-10-21)18(23)13-17-3-2-8-20-17;;/h4-7,14,17,20H,2-3,8-13H2,1H3;2*1H. The van der Waals surface area contributed by atoms with Crippen molar-refractivity contribution in [3.05, 3.63) is 34.3 Å². The molecule has 2 heterocycles. The van der Waals surface area contributed by atoms with Crippen LogP contribution in [0.4, 0.5) is 0 Å².